The summed E-state index contributed by atoms with van der Waals surface area (Å²) in [5, 5.41) is 21.4. The molecule has 1 saturated heterocycles. The lowest BCUT2D eigenvalue weighted by molar-refractivity contribution is -0.149. The van der Waals surface area contributed by atoms with Crippen molar-refractivity contribution in [3.8, 4) is 0 Å². The molecule has 0 bridgehead atoms. The summed E-state index contributed by atoms with van der Waals surface area (Å²) in [5.74, 6) is -0.0806. The van der Waals surface area contributed by atoms with Gasteiger partial charge in [-0.1, -0.05) is 55.1 Å². The molecule has 29 heavy (non-hydrogen) atoms. The van der Waals surface area contributed by atoms with Crippen LogP contribution in [-0.4, -0.2) is 27.8 Å². The minimum absolute atomic E-state index is 0.0630. The Morgan fingerprint density at radius 2 is 1.66 bits per heavy atom. The Bertz CT molecular complexity index is 1260. The van der Waals surface area contributed by atoms with Gasteiger partial charge in [-0.3, -0.25) is 15.1 Å². The quantitative estimate of drug-likeness (QED) is 0.451. The van der Waals surface area contributed by atoms with Crippen LogP contribution in [0.25, 0.3) is 32.3 Å². The molecule has 0 aliphatic carbocycles. The van der Waals surface area contributed by atoms with E-state index in [0.29, 0.717) is 24.1 Å². The molecular weight excluding hydrogens is 360 g/mol. The zero-order valence-corrected chi connectivity index (χ0v) is 16.7. The summed E-state index contributed by atoms with van der Waals surface area (Å²) in [6, 6.07) is 18.6. The van der Waals surface area contributed by atoms with Gasteiger partial charge in [0, 0.05) is 23.7 Å². The molecule has 0 radical (unpaired) electrons. The van der Waals surface area contributed by atoms with Crippen LogP contribution in [0, 0.1) is 0 Å². The average Bonchev–Trinajstić information content (AvgIpc) is 2.69. The van der Waals surface area contributed by atoms with Gasteiger partial charge in [0.1, 0.15) is 0 Å². The first-order valence-electron chi connectivity index (χ1n) is 9.99. The van der Waals surface area contributed by atoms with Gasteiger partial charge in [0.05, 0.1) is 5.54 Å². The highest BCUT2D eigenvalue weighted by Gasteiger charge is 2.36. The standard InChI is InChI=1S/C25H24N2O2/c1-15-13-19(14-25(2,3)27(15)29)26-24(28)21-12-10-18-8-7-16-5-4-6-17-9-11-20(21)23(18)22(16)17/h4-12,19,29H,1,13-14H2,2-3H3,(H,26,28). The van der Waals surface area contributed by atoms with Gasteiger partial charge in [-0.25, -0.2) is 0 Å². The third-order valence-electron chi connectivity index (χ3n) is 6.21. The van der Waals surface area contributed by atoms with Gasteiger partial charge in [-0.15, -0.1) is 0 Å². The van der Waals surface area contributed by atoms with Crippen LogP contribution in [0.1, 0.15) is 37.0 Å². The first kappa shape index (κ1) is 18.0. The number of nitrogens with zero attached hydrogens (tertiary/aromatic N) is 1. The number of hydrogen-bond acceptors (Lipinski definition) is 3. The van der Waals surface area contributed by atoms with E-state index in [0.717, 1.165) is 16.2 Å². The average molecular weight is 384 g/mol. The fourth-order valence-electron chi connectivity index (χ4n) is 4.86. The number of nitrogens with one attached hydrogen (secondary N) is 1. The van der Waals surface area contributed by atoms with E-state index in [1.165, 1.54) is 21.2 Å². The maximum atomic E-state index is 13.2. The van der Waals surface area contributed by atoms with Gasteiger partial charge < -0.3 is 5.32 Å². The predicted octanol–water partition coefficient (Wildman–Crippen LogP) is 5.46. The molecule has 1 aliphatic heterocycles. The summed E-state index contributed by atoms with van der Waals surface area (Å²) >= 11 is 0. The molecule has 0 spiro atoms. The molecule has 1 heterocycles. The van der Waals surface area contributed by atoms with Crippen LogP contribution in [0.15, 0.2) is 66.9 Å². The monoisotopic (exact) mass is 384 g/mol. The van der Waals surface area contributed by atoms with Crippen molar-refractivity contribution in [1.29, 1.82) is 0 Å². The van der Waals surface area contributed by atoms with Crippen LogP contribution < -0.4 is 5.32 Å². The van der Waals surface area contributed by atoms with Gasteiger partial charge in [-0.05, 0) is 58.7 Å². The molecule has 5 rings (SSSR count). The van der Waals surface area contributed by atoms with E-state index in [4.69, 9.17) is 0 Å². The maximum absolute atomic E-state index is 13.2. The largest absolute Gasteiger partial charge is 0.349 e. The minimum atomic E-state index is -0.462. The fourth-order valence-corrected chi connectivity index (χ4v) is 4.86. The topological polar surface area (TPSA) is 52.6 Å². The van der Waals surface area contributed by atoms with Gasteiger partial charge in [0.2, 0.25) is 0 Å². The zero-order chi connectivity index (χ0) is 20.3. The third kappa shape index (κ3) is 2.75. The molecule has 146 valence electrons. The Morgan fingerprint density at radius 1 is 1.03 bits per heavy atom. The van der Waals surface area contributed by atoms with Crippen LogP contribution in [0.4, 0.5) is 0 Å². The molecule has 1 aliphatic rings. The normalized spacial score (nSPS) is 19.3. The second kappa shape index (κ2) is 6.19. The van der Waals surface area contributed by atoms with E-state index in [-0.39, 0.29) is 11.9 Å². The summed E-state index contributed by atoms with van der Waals surface area (Å²) < 4.78 is 0. The van der Waals surface area contributed by atoms with E-state index in [9.17, 15) is 10.0 Å². The highest BCUT2D eigenvalue weighted by Crippen LogP contribution is 2.36. The number of carbonyl (C=O) groups is 1. The van der Waals surface area contributed by atoms with Crippen molar-refractivity contribution >= 4 is 38.2 Å². The number of piperidine rings is 1. The first-order chi connectivity index (χ1) is 13.8. The zero-order valence-electron chi connectivity index (χ0n) is 16.7. The van der Waals surface area contributed by atoms with Crippen molar-refractivity contribution in [2.45, 2.75) is 38.3 Å². The highest BCUT2D eigenvalue weighted by atomic mass is 16.5. The smallest absolute Gasteiger partial charge is 0.252 e. The van der Waals surface area contributed by atoms with E-state index in [1.807, 2.05) is 26.0 Å². The Hall–Kier alpha value is -3.11. The van der Waals surface area contributed by atoms with Crippen molar-refractivity contribution < 1.29 is 10.0 Å². The summed E-state index contributed by atoms with van der Waals surface area (Å²) in [6.07, 6.45) is 1.19. The first-order valence-corrected chi connectivity index (χ1v) is 9.99. The fraction of sp³-hybridized carbons (Fsp3) is 0.240. The van der Waals surface area contributed by atoms with Gasteiger partial charge in [0.25, 0.3) is 5.91 Å². The SMILES string of the molecule is C=C1CC(NC(=O)c2ccc3ccc4cccc5ccc2c3c45)CC(C)(C)N1O. The van der Waals surface area contributed by atoms with Crippen molar-refractivity contribution in [3.63, 3.8) is 0 Å². The molecular formula is C25H24N2O2. The van der Waals surface area contributed by atoms with E-state index in [1.54, 1.807) is 0 Å². The Balaban J connectivity index is 1.56. The second-order valence-electron chi connectivity index (χ2n) is 8.74. The number of amides is 1. The Labute approximate surface area is 169 Å². The molecule has 1 amide bonds. The van der Waals surface area contributed by atoms with E-state index in [2.05, 4.69) is 54.4 Å². The molecule has 4 aromatic carbocycles. The van der Waals surface area contributed by atoms with Crippen molar-refractivity contribution in [2.75, 3.05) is 0 Å². The molecule has 4 aromatic rings. The summed E-state index contributed by atoms with van der Waals surface area (Å²) in [7, 11) is 0. The lowest BCUT2D eigenvalue weighted by Crippen LogP contribution is -2.52. The lowest BCUT2D eigenvalue weighted by atomic mass is 9.87. The molecule has 1 unspecified atom stereocenters. The lowest BCUT2D eigenvalue weighted by Gasteiger charge is -2.44. The molecule has 4 heteroatoms. The summed E-state index contributed by atoms with van der Waals surface area (Å²) in [6.45, 7) is 7.85. The number of hydroxylamine groups is 2. The minimum Gasteiger partial charge on any atom is -0.349 e. The van der Waals surface area contributed by atoms with Gasteiger partial charge in [0.15, 0.2) is 0 Å². The number of carbonyl (C=O) groups excluding carboxylic acids is 1. The summed E-state index contributed by atoms with van der Waals surface area (Å²) in [4.78, 5) is 13.2. The van der Waals surface area contributed by atoms with Gasteiger partial charge in [-0.2, -0.15) is 0 Å². The second-order valence-corrected chi connectivity index (χ2v) is 8.74. The van der Waals surface area contributed by atoms with Crippen LogP contribution in [0.2, 0.25) is 0 Å². The molecule has 0 saturated carbocycles. The molecule has 2 N–H and O–H groups in total. The molecule has 0 aromatic heterocycles. The number of hydrogen-bond donors (Lipinski definition) is 2. The third-order valence-corrected chi connectivity index (χ3v) is 6.21. The van der Waals surface area contributed by atoms with Crippen LogP contribution in [-0.2, 0) is 0 Å². The van der Waals surface area contributed by atoms with Crippen LogP contribution >= 0.6 is 0 Å². The highest BCUT2D eigenvalue weighted by molar-refractivity contribution is 6.26. The molecule has 1 fully saturated rings. The predicted molar refractivity (Wildman–Crippen MR) is 117 cm³/mol. The maximum Gasteiger partial charge on any atom is 0.252 e. The van der Waals surface area contributed by atoms with E-state index >= 15 is 0 Å². The van der Waals surface area contributed by atoms with Crippen molar-refractivity contribution in [2.24, 2.45) is 0 Å². The molecule has 1 atom stereocenters. The van der Waals surface area contributed by atoms with Crippen LogP contribution in [0.3, 0.4) is 0 Å². The Kier molecular flexibility index (Phi) is 3.83. The molecule has 4 nitrogen and oxygen atoms in total. The van der Waals surface area contributed by atoms with E-state index < -0.39 is 5.54 Å². The summed E-state index contributed by atoms with van der Waals surface area (Å²) in [5.41, 5.74) is 0.850. The Morgan fingerprint density at radius 3 is 2.34 bits per heavy atom. The number of benzene rings is 4. The van der Waals surface area contributed by atoms with Crippen LogP contribution in [0.5, 0.6) is 0 Å². The number of rotatable bonds is 2. The van der Waals surface area contributed by atoms with Crippen molar-refractivity contribution in [1.82, 2.24) is 10.4 Å². The van der Waals surface area contributed by atoms with Crippen molar-refractivity contribution in [3.05, 3.63) is 72.4 Å². The van der Waals surface area contributed by atoms with Gasteiger partial charge >= 0.3 is 0 Å².